The molecule has 0 aromatic carbocycles. The first kappa shape index (κ1) is 44.4. The fraction of sp³-hybridized carbons (Fsp3) is 0.865. The number of rotatable bonds is 30. The van der Waals surface area contributed by atoms with Crippen molar-refractivity contribution in [2.24, 2.45) is 0 Å². The standard InChI is InChI=1S/C37H68N2O8/c1-7-45-37(44)39-30(3)36(47-33(6)42)28-24-20-16-18-22-26-34(43)25-21-17-14-12-10-8-9-11-13-15-19-23-27-35(46-32(5)41)29(2)38-31(4)40/h29-30,35-36H,7-28H2,1-6H3,(H,38,40)(H,39,44)/t29-,30-,35-,36-/m1/s1. The number of alkyl carbamates (subject to hydrolysis) is 1. The monoisotopic (exact) mass is 668 g/mol. The largest absolute Gasteiger partial charge is 0.460 e. The average molecular weight is 669 g/mol. The van der Waals surface area contributed by atoms with Gasteiger partial charge in [-0.15, -0.1) is 0 Å². The molecule has 0 bridgehead atoms. The maximum Gasteiger partial charge on any atom is 0.407 e. The molecule has 0 aromatic heterocycles. The van der Waals surface area contributed by atoms with E-state index in [1.54, 1.807) is 6.92 Å². The van der Waals surface area contributed by atoms with Crippen molar-refractivity contribution >= 4 is 29.7 Å². The molecule has 10 heteroatoms. The Labute approximate surface area is 285 Å². The minimum absolute atomic E-state index is 0.110. The van der Waals surface area contributed by atoms with Gasteiger partial charge >= 0.3 is 18.0 Å². The van der Waals surface area contributed by atoms with Gasteiger partial charge in [-0.2, -0.15) is 0 Å². The summed E-state index contributed by atoms with van der Waals surface area (Å²) in [6, 6.07) is -0.496. The highest BCUT2D eigenvalue weighted by Crippen LogP contribution is 2.17. The maximum absolute atomic E-state index is 12.3. The van der Waals surface area contributed by atoms with E-state index < -0.39 is 6.09 Å². The lowest BCUT2D eigenvalue weighted by atomic mass is 10.0. The lowest BCUT2D eigenvalue weighted by Crippen LogP contribution is -2.43. The molecule has 2 N–H and O–H groups in total. The third-order valence-electron chi connectivity index (χ3n) is 8.44. The topological polar surface area (TPSA) is 137 Å². The SMILES string of the molecule is CCOC(=O)N[C@H](C)[C@@H](CCCCCCCC(=O)CCCCCCCCCCCCCC[C@@H](OC(C)=O)[C@@H](C)NC(C)=O)OC(C)=O. The Bertz CT molecular complexity index is 865. The first-order chi connectivity index (χ1) is 22.5. The number of esters is 2. The van der Waals surface area contributed by atoms with Crippen LogP contribution in [0.1, 0.15) is 176 Å². The second-order valence-corrected chi connectivity index (χ2v) is 13.1. The summed E-state index contributed by atoms with van der Waals surface area (Å²) in [6.07, 6.45) is 20.7. The summed E-state index contributed by atoms with van der Waals surface area (Å²) in [5.41, 5.74) is 0. The van der Waals surface area contributed by atoms with Crippen molar-refractivity contribution in [1.82, 2.24) is 10.6 Å². The van der Waals surface area contributed by atoms with Gasteiger partial charge in [-0.25, -0.2) is 4.79 Å². The van der Waals surface area contributed by atoms with Gasteiger partial charge < -0.3 is 24.8 Å². The van der Waals surface area contributed by atoms with Gasteiger partial charge in [-0.1, -0.05) is 83.5 Å². The Kier molecular flexibility index (Phi) is 27.8. The Morgan fingerprint density at radius 2 is 0.851 bits per heavy atom. The molecular weight excluding hydrogens is 600 g/mol. The van der Waals surface area contributed by atoms with E-state index in [9.17, 15) is 24.0 Å². The predicted molar refractivity (Wildman–Crippen MR) is 186 cm³/mol. The van der Waals surface area contributed by atoms with Gasteiger partial charge in [0, 0.05) is 33.6 Å². The number of carbonyl (C=O) groups is 5. The van der Waals surface area contributed by atoms with E-state index in [1.165, 1.54) is 72.1 Å². The van der Waals surface area contributed by atoms with Crippen molar-refractivity contribution in [2.45, 2.75) is 201 Å². The van der Waals surface area contributed by atoms with Crippen molar-refractivity contribution < 1.29 is 38.2 Å². The first-order valence-corrected chi connectivity index (χ1v) is 18.5. The number of nitrogens with one attached hydrogen (secondary N) is 2. The van der Waals surface area contributed by atoms with Gasteiger partial charge in [0.2, 0.25) is 5.91 Å². The van der Waals surface area contributed by atoms with Crippen LogP contribution in [0.5, 0.6) is 0 Å². The van der Waals surface area contributed by atoms with Crippen LogP contribution in [0, 0.1) is 0 Å². The number of carbonyl (C=O) groups excluding carboxylic acids is 5. The van der Waals surface area contributed by atoms with Gasteiger partial charge in [-0.3, -0.25) is 19.2 Å². The number of ether oxygens (including phenoxy) is 3. The third kappa shape index (κ3) is 28.1. The van der Waals surface area contributed by atoms with Gasteiger partial charge in [0.1, 0.15) is 18.0 Å². The number of Topliss-reactive ketones (excluding diaryl/α,β-unsaturated/α-hetero) is 1. The number of hydrogen-bond acceptors (Lipinski definition) is 8. The van der Waals surface area contributed by atoms with E-state index in [-0.39, 0.29) is 48.7 Å². The molecule has 10 nitrogen and oxygen atoms in total. The van der Waals surface area contributed by atoms with Crippen LogP contribution in [0.25, 0.3) is 0 Å². The molecule has 274 valence electrons. The summed E-state index contributed by atoms with van der Waals surface area (Å²) in [4.78, 5) is 58.1. The summed E-state index contributed by atoms with van der Waals surface area (Å²) in [6.45, 7) is 10.00. The molecule has 0 heterocycles. The van der Waals surface area contributed by atoms with Crippen LogP contribution in [0.2, 0.25) is 0 Å². The van der Waals surface area contributed by atoms with Crippen LogP contribution in [0.15, 0.2) is 0 Å². The second kappa shape index (κ2) is 29.5. The normalized spacial score (nSPS) is 13.6. The maximum atomic E-state index is 12.3. The molecule has 47 heavy (non-hydrogen) atoms. The molecule has 0 fully saturated rings. The fourth-order valence-corrected chi connectivity index (χ4v) is 5.87. The minimum Gasteiger partial charge on any atom is -0.460 e. The predicted octanol–water partition coefficient (Wildman–Crippen LogP) is 8.27. The molecule has 0 unspecified atom stereocenters. The lowest BCUT2D eigenvalue weighted by molar-refractivity contribution is -0.149. The first-order valence-electron chi connectivity index (χ1n) is 18.5. The van der Waals surface area contributed by atoms with Crippen LogP contribution in [-0.4, -0.2) is 60.6 Å². The van der Waals surface area contributed by atoms with Crippen molar-refractivity contribution in [1.29, 1.82) is 0 Å². The molecule has 0 aliphatic carbocycles. The molecule has 0 radical (unpaired) electrons. The highest BCUT2D eigenvalue weighted by atomic mass is 16.6. The highest BCUT2D eigenvalue weighted by molar-refractivity contribution is 5.78. The zero-order chi connectivity index (χ0) is 35.3. The molecule has 4 atom stereocenters. The zero-order valence-electron chi connectivity index (χ0n) is 30.6. The summed E-state index contributed by atoms with van der Waals surface area (Å²) < 4.78 is 15.7. The van der Waals surface area contributed by atoms with Crippen LogP contribution >= 0.6 is 0 Å². The van der Waals surface area contributed by atoms with Gasteiger partial charge in [-0.05, 0) is 59.3 Å². The van der Waals surface area contributed by atoms with E-state index in [2.05, 4.69) is 10.6 Å². The lowest BCUT2D eigenvalue weighted by Gasteiger charge is -2.24. The van der Waals surface area contributed by atoms with Gasteiger partial charge in [0.05, 0.1) is 18.7 Å². The van der Waals surface area contributed by atoms with E-state index in [4.69, 9.17) is 14.2 Å². The van der Waals surface area contributed by atoms with Crippen LogP contribution in [0.4, 0.5) is 4.79 Å². The second-order valence-electron chi connectivity index (χ2n) is 13.1. The third-order valence-corrected chi connectivity index (χ3v) is 8.44. The molecule has 0 spiro atoms. The number of unbranched alkanes of at least 4 members (excludes halogenated alkanes) is 15. The van der Waals surface area contributed by atoms with Gasteiger partial charge in [0.15, 0.2) is 0 Å². The average Bonchev–Trinajstić information content (AvgIpc) is 2.98. The van der Waals surface area contributed by atoms with Crippen molar-refractivity contribution in [2.75, 3.05) is 6.61 Å². The molecule has 0 aliphatic heterocycles. The summed E-state index contributed by atoms with van der Waals surface area (Å²) in [5, 5.41) is 5.55. The van der Waals surface area contributed by atoms with Crippen molar-refractivity contribution in [3.8, 4) is 0 Å². The van der Waals surface area contributed by atoms with Crippen molar-refractivity contribution in [3.05, 3.63) is 0 Å². The van der Waals surface area contributed by atoms with Crippen LogP contribution in [-0.2, 0) is 33.4 Å². The Hall–Kier alpha value is -2.65. The smallest absolute Gasteiger partial charge is 0.407 e. The van der Waals surface area contributed by atoms with Crippen LogP contribution < -0.4 is 10.6 Å². The Balaban J connectivity index is 3.69. The summed E-state index contributed by atoms with van der Waals surface area (Å²) >= 11 is 0. The number of ketones is 1. The highest BCUT2D eigenvalue weighted by Gasteiger charge is 2.22. The molecular formula is C37H68N2O8. The Morgan fingerprint density at radius 3 is 1.19 bits per heavy atom. The quantitative estimate of drug-likeness (QED) is 0.0443. The fourth-order valence-electron chi connectivity index (χ4n) is 5.87. The van der Waals surface area contributed by atoms with Crippen LogP contribution in [0.3, 0.4) is 0 Å². The number of amides is 2. The molecule has 0 rings (SSSR count). The number of hydrogen-bond donors (Lipinski definition) is 2. The zero-order valence-corrected chi connectivity index (χ0v) is 30.6. The summed E-state index contributed by atoms with van der Waals surface area (Å²) in [7, 11) is 0. The van der Waals surface area contributed by atoms with Crippen molar-refractivity contribution in [3.63, 3.8) is 0 Å². The molecule has 0 saturated carbocycles. The molecule has 2 amide bonds. The van der Waals surface area contributed by atoms with Gasteiger partial charge in [0.25, 0.3) is 0 Å². The summed E-state index contributed by atoms with van der Waals surface area (Å²) in [5.74, 6) is -0.396. The minimum atomic E-state index is -0.505. The molecule has 0 saturated heterocycles. The van der Waals surface area contributed by atoms with E-state index >= 15 is 0 Å². The molecule has 0 aliphatic rings. The van der Waals surface area contributed by atoms with E-state index in [1.807, 2.05) is 13.8 Å². The Morgan fingerprint density at radius 1 is 0.511 bits per heavy atom. The van der Waals surface area contributed by atoms with E-state index in [0.717, 1.165) is 64.2 Å². The molecule has 0 aromatic rings. The van der Waals surface area contributed by atoms with E-state index in [0.29, 0.717) is 25.0 Å².